The van der Waals surface area contributed by atoms with Gasteiger partial charge in [0, 0.05) is 30.5 Å². The summed E-state index contributed by atoms with van der Waals surface area (Å²) in [4.78, 5) is 15.4. The number of ether oxygens (including phenoxy) is 2. The Hall–Kier alpha value is -3.99. The van der Waals surface area contributed by atoms with Crippen LogP contribution in [0.4, 0.5) is 0 Å². The maximum absolute atomic E-state index is 13.5. The molecule has 1 heterocycles. The molecular formula is C28H28N2O3. The fourth-order valence-electron chi connectivity index (χ4n) is 3.85. The first kappa shape index (κ1) is 22.2. The number of carbonyl (C=O) groups is 1. The van der Waals surface area contributed by atoms with Crippen LogP contribution in [0.1, 0.15) is 27.2 Å². The van der Waals surface area contributed by atoms with E-state index < -0.39 is 0 Å². The number of aromatic nitrogens is 1. The number of hydrogen-bond donors (Lipinski definition) is 0. The van der Waals surface area contributed by atoms with Crippen molar-refractivity contribution in [2.45, 2.75) is 19.6 Å². The van der Waals surface area contributed by atoms with Crippen molar-refractivity contribution >= 4 is 5.91 Å². The lowest BCUT2D eigenvalue weighted by molar-refractivity contribution is 0.0726. The molecule has 0 fully saturated rings. The summed E-state index contributed by atoms with van der Waals surface area (Å²) in [5, 5.41) is 0. The summed E-state index contributed by atoms with van der Waals surface area (Å²) in [6, 6.07) is 29.5. The first-order valence-electron chi connectivity index (χ1n) is 10.9. The summed E-state index contributed by atoms with van der Waals surface area (Å²) in [5.74, 6) is 1.47. The maximum Gasteiger partial charge on any atom is 0.254 e. The zero-order valence-electron chi connectivity index (χ0n) is 19.0. The van der Waals surface area contributed by atoms with Crippen LogP contribution in [0.25, 0.3) is 0 Å². The highest BCUT2D eigenvalue weighted by Crippen LogP contribution is 2.20. The van der Waals surface area contributed by atoms with Crippen molar-refractivity contribution < 1.29 is 14.3 Å². The lowest BCUT2D eigenvalue weighted by Gasteiger charge is -2.24. The minimum absolute atomic E-state index is 0.0353. The molecule has 1 aromatic heterocycles. The zero-order valence-corrected chi connectivity index (χ0v) is 19.0. The number of carbonyl (C=O) groups excluding carboxylic acids is 1. The fraction of sp³-hybridized carbons (Fsp3) is 0.179. The van der Waals surface area contributed by atoms with Crippen molar-refractivity contribution in [3.8, 4) is 11.5 Å². The van der Waals surface area contributed by atoms with Gasteiger partial charge in [0.1, 0.15) is 11.5 Å². The van der Waals surface area contributed by atoms with Gasteiger partial charge in [0.15, 0.2) is 0 Å². The Morgan fingerprint density at radius 3 is 2.21 bits per heavy atom. The topological polar surface area (TPSA) is 43.7 Å². The van der Waals surface area contributed by atoms with E-state index in [0.717, 1.165) is 22.6 Å². The van der Waals surface area contributed by atoms with Gasteiger partial charge in [-0.15, -0.1) is 0 Å². The lowest BCUT2D eigenvalue weighted by Crippen LogP contribution is -2.31. The predicted octanol–water partition coefficient (Wildman–Crippen LogP) is 5.40. The Kier molecular flexibility index (Phi) is 7.10. The molecule has 4 aromatic rings. The van der Waals surface area contributed by atoms with Crippen LogP contribution in [0, 0.1) is 0 Å². The second-order valence-electron chi connectivity index (χ2n) is 7.86. The highest BCUT2D eigenvalue weighted by molar-refractivity contribution is 5.94. The van der Waals surface area contributed by atoms with Gasteiger partial charge in [-0.2, -0.15) is 0 Å². The predicted molar refractivity (Wildman–Crippen MR) is 130 cm³/mol. The van der Waals surface area contributed by atoms with Crippen molar-refractivity contribution in [1.82, 2.24) is 9.47 Å². The Morgan fingerprint density at radius 2 is 1.45 bits per heavy atom. The number of rotatable bonds is 9. The van der Waals surface area contributed by atoms with E-state index in [1.165, 1.54) is 0 Å². The minimum atomic E-state index is -0.0353. The van der Waals surface area contributed by atoms with Crippen LogP contribution in [0.15, 0.2) is 97.2 Å². The molecule has 0 spiro atoms. The van der Waals surface area contributed by atoms with Crippen molar-refractivity contribution in [3.63, 3.8) is 0 Å². The second-order valence-corrected chi connectivity index (χ2v) is 7.86. The van der Waals surface area contributed by atoms with E-state index in [-0.39, 0.29) is 5.91 Å². The lowest BCUT2D eigenvalue weighted by atomic mass is 10.1. The molecule has 0 saturated heterocycles. The minimum Gasteiger partial charge on any atom is -0.497 e. The maximum atomic E-state index is 13.5. The van der Waals surface area contributed by atoms with Crippen molar-refractivity contribution in [1.29, 1.82) is 0 Å². The molecule has 0 aliphatic heterocycles. The van der Waals surface area contributed by atoms with Crippen molar-refractivity contribution in [3.05, 3.63) is 120 Å². The summed E-state index contributed by atoms with van der Waals surface area (Å²) in [7, 11) is 3.28. The molecule has 0 atom stereocenters. The molecular weight excluding hydrogens is 412 g/mol. The molecule has 4 rings (SSSR count). The normalized spacial score (nSPS) is 10.6. The third kappa shape index (κ3) is 5.63. The number of benzene rings is 3. The van der Waals surface area contributed by atoms with Crippen molar-refractivity contribution in [2.24, 2.45) is 0 Å². The van der Waals surface area contributed by atoms with Gasteiger partial charge in [0.05, 0.1) is 20.8 Å². The summed E-state index contributed by atoms with van der Waals surface area (Å²) >= 11 is 0. The second kappa shape index (κ2) is 10.6. The average molecular weight is 441 g/mol. The molecule has 0 N–H and O–H groups in total. The molecule has 0 saturated carbocycles. The van der Waals surface area contributed by atoms with Gasteiger partial charge in [-0.25, -0.2) is 0 Å². The first-order chi connectivity index (χ1) is 16.2. The molecule has 168 valence electrons. The smallest absolute Gasteiger partial charge is 0.254 e. The number of nitrogens with zero attached hydrogens (tertiary/aromatic N) is 2. The van der Waals surface area contributed by atoms with Gasteiger partial charge in [0.2, 0.25) is 0 Å². The quantitative estimate of drug-likeness (QED) is 0.350. The highest BCUT2D eigenvalue weighted by atomic mass is 16.5. The van der Waals surface area contributed by atoms with E-state index in [1.54, 1.807) is 20.3 Å². The fourth-order valence-corrected chi connectivity index (χ4v) is 3.85. The monoisotopic (exact) mass is 440 g/mol. The molecule has 0 aliphatic rings. The third-order valence-electron chi connectivity index (χ3n) is 5.58. The number of methoxy groups -OCH3 is 2. The molecule has 0 aliphatic carbocycles. The summed E-state index contributed by atoms with van der Waals surface area (Å²) < 4.78 is 12.9. The van der Waals surface area contributed by atoms with Crippen LogP contribution in [-0.4, -0.2) is 29.6 Å². The van der Waals surface area contributed by atoms with Crippen LogP contribution in [0.5, 0.6) is 11.5 Å². The Bertz CT molecular complexity index is 1200. The van der Waals surface area contributed by atoms with Crippen molar-refractivity contribution in [2.75, 3.05) is 14.2 Å². The molecule has 33 heavy (non-hydrogen) atoms. The number of hydrogen-bond acceptors (Lipinski definition) is 3. The van der Waals surface area contributed by atoms with Crippen LogP contribution in [-0.2, 0) is 19.6 Å². The Labute approximate surface area is 194 Å². The van der Waals surface area contributed by atoms with Crippen LogP contribution in [0.3, 0.4) is 0 Å². The zero-order chi connectivity index (χ0) is 23.0. The standard InChI is InChI=1S/C28H28N2O3/c1-32-26-14-6-11-23(17-26)20-29-16-8-13-25(29)21-30(19-22-9-4-3-5-10-22)28(31)24-12-7-15-27(18-24)33-2/h3-18H,19-21H2,1-2H3. The number of amides is 1. The largest absolute Gasteiger partial charge is 0.497 e. The van der Waals surface area contributed by atoms with Crippen LogP contribution in [0.2, 0.25) is 0 Å². The summed E-state index contributed by atoms with van der Waals surface area (Å²) in [5.41, 5.74) is 3.89. The Balaban J connectivity index is 1.60. The molecule has 5 nitrogen and oxygen atoms in total. The molecule has 5 heteroatoms. The SMILES string of the molecule is COc1cccc(Cn2cccc2CN(Cc2ccccc2)C(=O)c2cccc(OC)c2)c1. The highest BCUT2D eigenvalue weighted by Gasteiger charge is 2.19. The molecule has 0 bridgehead atoms. The van der Waals surface area contributed by atoms with E-state index in [0.29, 0.717) is 30.9 Å². The first-order valence-corrected chi connectivity index (χ1v) is 10.9. The van der Waals surface area contributed by atoms with Gasteiger partial charge in [-0.1, -0.05) is 48.5 Å². The van der Waals surface area contributed by atoms with E-state index in [9.17, 15) is 4.79 Å². The average Bonchev–Trinajstić information content (AvgIpc) is 3.30. The van der Waals surface area contributed by atoms with E-state index in [4.69, 9.17) is 9.47 Å². The third-order valence-corrected chi connectivity index (χ3v) is 5.58. The van der Waals surface area contributed by atoms with Crippen LogP contribution < -0.4 is 9.47 Å². The van der Waals surface area contributed by atoms with Gasteiger partial charge in [-0.3, -0.25) is 4.79 Å². The van der Waals surface area contributed by atoms with Gasteiger partial charge < -0.3 is 18.9 Å². The van der Waals surface area contributed by atoms with E-state index >= 15 is 0 Å². The van der Waals surface area contributed by atoms with Gasteiger partial charge in [0.25, 0.3) is 5.91 Å². The van der Waals surface area contributed by atoms with E-state index in [2.05, 4.69) is 16.7 Å². The Morgan fingerprint density at radius 1 is 0.758 bits per heavy atom. The van der Waals surface area contributed by atoms with Crippen LogP contribution >= 0.6 is 0 Å². The molecule has 0 radical (unpaired) electrons. The van der Waals surface area contributed by atoms with Gasteiger partial charge in [-0.05, 0) is 53.6 Å². The molecule has 3 aromatic carbocycles. The molecule has 0 unspecified atom stereocenters. The molecule has 1 amide bonds. The summed E-state index contributed by atoms with van der Waals surface area (Å²) in [6.45, 7) is 1.70. The van der Waals surface area contributed by atoms with Gasteiger partial charge >= 0.3 is 0 Å². The van der Waals surface area contributed by atoms with E-state index in [1.807, 2.05) is 83.9 Å². The summed E-state index contributed by atoms with van der Waals surface area (Å²) in [6.07, 6.45) is 2.05.